The first kappa shape index (κ1) is 12.8. The number of aliphatic hydroxyl groups is 1. The Morgan fingerprint density at radius 2 is 2.22 bits per heavy atom. The van der Waals surface area contributed by atoms with Gasteiger partial charge in [-0.15, -0.1) is 0 Å². The number of aromatic nitrogens is 3. The predicted molar refractivity (Wildman–Crippen MR) is 64.7 cm³/mol. The third-order valence-electron chi connectivity index (χ3n) is 3.12. The zero-order valence-electron chi connectivity index (χ0n) is 10.9. The minimum Gasteiger partial charge on any atom is -0.389 e. The largest absolute Gasteiger partial charge is 0.389 e. The van der Waals surface area contributed by atoms with Crippen LogP contribution < -0.4 is 5.32 Å². The summed E-state index contributed by atoms with van der Waals surface area (Å²) < 4.78 is 1.66. The monoisotopic (exact) mass is 253 g/mol. The molecule has 1 aliphatic heterocycles. The number of rotatable bonds is 3. The van der Waals surface area contributed by atoms with Crippen LogP contribution in [0.4, 0.5) is 4.79 Å². The second-order valence-electron chi connectivity index (χ2n) is 4.97. The molecular formula is C11H19N5O2. The summed E-state index contributed by atoms with van der Waals surface area (Å²) in [6, 6.07) is -0.343. The van der Waals surface area contributed by atoms with E-state index in [0.29, 0.717) is 13.1 Å². The van der Waals surface area contributed by atoms with Crippen LogP contribution in [0.1, 0.15) is 25.7 Å². The first-order valence-electron chi connectivity index (χ1n) is 6.06. The Balaban J connectivity index is 2.03. The molecular weight excluding hydrogens is 234 g/mol. The molecule has 0 saturated carbocycles. The Bertz CT molecular complexity index is 425. The number of carbonyl (C=O) groups is 1. The van der Waals surface area contributed by atoms with Crippen LogP contribution >= 0.6 is 0 Å². The van der Waals surface area contributed by atoms with E-state index in [-0.39, 0.29) is 24.1 Å². The number of aliphatic hydroxyl groups excluding tert-OH is 1. The van der Waals surface area contributed by atoms with Crippen molar-refractivity contribution in [2.45, 2.75) is 26.0 Å². The lowest BCUT2D eigenvalue weighted by atomic mass is 10.0. The number of β-amino-alcohol motifs (C(OH)–C–C–N with tert-alkyl or cyclic N) is 1. The Kier molecular flexibility index (Phi) is 3.51. The fourth-order valence-electron chi connectivity index (χ4n) is 1.96. The van der Waals surface area contributed by atoms with E-state index in [1.807, 2.05) is 13.8 Å². The smallest absolute Gasteiger partial charge is 0.318 e. The van der Waals surface area contributed by atoms with Gasteiger partial charge in [-0.3, -0.25) is 4.68 Å². The zero-order chi connectivity index (χ0) is 13.3. The number of hydrogen-bond donors (Lipinski definition) is 2. The minimum absolute atomic E-state index is 0.165. The Hall–Kier alpha value is -1.63. The molecule has 0 unspecified atom stereocenters. The van der Waals surface area contributed by atoms with Gasteiger partial charge in [-0.25, -0.2) is 9.78 Å². The number of nitrogens with one attached hydrogen (secondary N) is 1. The fraction of sp³-hybridized carbons (Fsp3) is 0.727. The Morgan fingerprint density at radius 3 is 2.67 bits per heavy atom. The Morgan fingerprint density at radius 1 is 1.56 bits per heavy atom. The highest BCUT2D eigenvalue weighted by Crippen LogP contribution is 2.20. The van der Waals surface area contributed by atoms with Crippen molar-refractivity contribution in [1.82, 2.24) is 25.0 Å². The number of aryl methyl sites for hydroxylation is 1. The first-order valence-corrected chi connectivity index (χ1v) is 6.06. The van der Waals surface area contributed by atoms with Crippen LogP contribution in [0.3, 0.4) is 0 Å². The van der Waals surface area contributed by atoms with E-state index in [1.165, 1.54) is 6.33 Å². The molecule has 7 heteroatoms. The van der Waals surface area contributed by atoms with Crippen LogP contribution in [0, 0.1) is 5.92 Å². The molecule has 1 atom stereocenters. The SMILES string of the molecule is CC(C)[C@H](NC(=O)N1CC(O)C1)c1ncnn1C. The lowest BCUT2D eigenvalue weighted by molar-refractivity contribution is 0.0251. The van der Waals surface area contributed by atoms with Gasteiger partial charge in [0, 0.05) is 7.05 Å². The third-order valence-corrected chi connectivity index (χ3v) is 3.12. The van der Waals surface area contributed by atoms with Gasteiger partial charge in [0.05, 0.1) is 25.2 Å². The van der Waals surface area contributed by atoms with Crippen molar-refractivity contribution in [3.8, 4) is 0 Å². The molecule has 0 aromatic carbocycles. The molecule has 1 aromatic heterocycles. The summed E-state index contributed by atoms with van der Waals surface area (Å²) in [6.45, 7) is 4.83. The summed E-state index contributed by atoms with van der Waals surface area (Å²) >= 11 is 0. The topological polar surface area (TPSA) is 83.3 Å². The molecule has 18 heavy (non-hydrogen) atoms. The molecule has 2 N–H and O–H groups in total. The molecule has 0 radical (unpaired) electrons. The second kappa shape index (κ2) is 4.93. The summed E-state index contributed by atoms with van der Waals surface area (Å²) in [7, 11) is 1.80. The van der Waals surface area contributed by atoms with Crippen LogP contribution in [0.2, 0.25) is 0 Å². The van der Waals surface area contributed by atoms with E-state index in [0.717, 1.165) is 5.82 Å². The highest BCUT2D eigenvalue weighted by Gasteiger charge is 2.31. The number of hydrogen-bond acceptors (Lipinski definition) is 4. The van der Waals surface area contributed by atoms with Gasteiger partial charge in [0.15, 0.2) is 0 Å². The maximum absolute atomic E-state index is 11.9. The first-order chi connectivity index (χ1) is 8.49. The molecule has 2 amide bonds. The van der Waals surface area contributed by atoms with Crippen LogP contribution in [-0.4, -0.2) is 50.0 Å². The van der Waals surface area contributed by atoms with Crippen molar-refractivity contribution in [3.63, 3.8) is 0 Å². The molecule has 1 aliphatic rings. The van der Waals surface area contributed by atoms with E-state index in [1.54, 1.807) is 16.6 Å². The molecule has 7 nitrogen and oxygen atoms in total. The molecule has 2 rings (SSSR count). The maximum Gasteiger partial charge on any atom is 0.318 e. The van der Waals surface area contributed by atoms with Crippen LogP contribution in [0.5, 0.6) is 0 Å². The van der Waals surface area contributed by atoms with Crippen LogP contribution in [0.25, 0.3) is 0 Å². The maximum atomic E-state index is 11.9. The van der Waals surface area contributed by atoms with Gasteiger partial charge < -0.3 is 15.3 Å². The summed E-state index contributed by atoms with van der Waals surface area (Å²) in [6.07, 6.45) is 1.09. The van der Waals surface area contributed by atoms with Gasteiger partial charge in [-0.1, -0.05) is 13.8 Å². The van der Waals surface area contributed by atoms with E-state index in [4.69, 9.17) is 0 Å². The van der Waals surface area contributed by atoms with Gasteiger partial charge in [-0.05, 0) is 5.92 Å². The number of carbonyl (C=O) groups excluding carboxylic acids is 1. The minimum atomic E-state index is -0.386. The number of nitrogens with zero attached hydrogens (tertiary/aromatic N) is 4. The van der Waals surface area contributed by atoms with Crippen molar-refractivity contribution in [3.05, 3.63) is 12.2 Å². The molecule has 100 valence electrons. The van der Waals surface area contributed by atoms with Crippen molar-refractivity contribution < 1.29 is 9.90 Å². The summed E-state index contributed by atoms with van der Waals surface area (Å²) in [4.78, 5) is 17.7. The van der Waals surface area contributed by atoms with E-state index in [9.17, 15) is 9.90 Å². The fourth-order valence-corrected chi connectivity index (χ4v) is 1.96. The standard InChI is InChI=1S/C11H19N5O2/c1-7(2)9(10-12-6-13-15(10)3)14-11(18)16-4-8(17)5-16/h6-9,17H,4-5H2,1-3H3,(H,14,18)/t9-/m0/s1. The van der Waals surface area contributed by atoms with Gasteiger partial charge in [0.25, 0.3) is 0 Å². The summed E-state index contributed by atoms with van der Waals surface area (Å²) in [5, 5.41) is 16.1. The molecule has 2 heterocycles. The zero-order valence-corrected chi connectivity index (χ0v) is 10.9. The third kappa shape index (κ3) is 2.45. The normalized spacial score (nSPS) is 17.7. The molecule has 0 spiro atoms. The molecule has 0 aliphatic carbocycles. The second-order valence-corrected chi connectivity index (χ2v) is 4.97. The van der Waals surface area contributed by atoms with Gasteiger partial charge in [-0.2, -0.15) is 5.10 Å². The van der Waals surface area contributed by atoms with Crippen molar-refractivity contribution >= 4 is 6.03 Å². The van der Waals surface area contributed by atoms with Crippen LogP contribution in [-0.2, 0) is 7.05 Å². The average Bonchev–Trinajstić information content (AvgIpc) is 2.67. The van der Waals surface area contributed by atoms with Gasteiger partial charge in [0.2, 0.25) is 0 Å². The van der Waals surface area contributed by atoms with Crippen molar-refractivity contribution in [1.29, 1.82) is 0 Å². The molecule has 1 aromatic rings. The van der Waals surface area contributed by atoms with Crippen molar-refractivity contribution in [2.24, 2.45) is 13.0 Å². The van der Waals surface area contributed by atoms with Gasteiger partial charge >= 0.3 is 6.03 Å². The molecule has 0 bridgehead atoms. The highest BCUT2D eigenvalue weighted by atomic mass is 16.3. The van der Waals surface area contributed by atoms with E-state index < -0.39 is 0 Å². The quantitative estimate of drug-likeness (QED) is 0.788. The number of likely N-dealkylation sites (tertiary alicyclic amines) is 1. The van der Waals surface area contributed by atoms with E-state index in [2.05, 4.69) is 15.4 Å². The lowest BCUT2D eigenvalue weighted by Crippen LogP contribution is -2.57. The van der Waals surface area contributed by atoms with Crippen LogP contribution in [0.15, 0.2) is 6.33 Å². The van der Waals surface area contributed by atoms with E-state index >= 15 is 0 Å². The Labute approximate surface area is 106 Å². The number of amides is 2. The molecule has 1 saturated heterocycles. The summed E-state index contributed by atoms with van der Waals surface area (Å²) in [5.74, 6) is 0.947. The lowest BCUT2D eigenvalue weighted by Gasteiger charge is -2.37. The summed E-state index contributed by atoms with van der Waals surface area (Å²) in [5.41, 5.74) is 0. The predicted octanol–water partition coefficient (Wildman–Crippen LogP) is -0.102. The van der Waals surface area contributed by atoms with Crippen molar-refractivity contribution in [2.75, 3.05) is 13.1 Å². The average molecular weight is 253 g/mol. The number of urea groups is 1. The van der Waals surface area contributed by atoms with Gasteiger partial charge in [0.1, 0.15) is 12.2 Å². The highest BCUT2D eigenvalue weighted by molar-refractivity contribution is 5.75. The molecule has 1 fully saturated rings.